The third-order valence-corrected chi connectivity index (χ3v) is 5.21. The number of nitrogens with zero attached hydrogens (tertiary/aromatic N) is 1. The summed E-state index contributed by atoms with van der Waals surface area (Å²) in [5.74, 6) is 0.491. The standard InChI is InChI=1S/C14H20BrClN2/c1-8-6-11(15)14(7-12(8)16)18-5-4-13(17)9(2)10(18)3/h6-7,9-10,13H,4-5,17H2,1-3H3. The third-order valence-electron chi connectivity index (χ3n) is 4.17. The molecular weight excluding hydrogens is 312 g/mol. The fraction of sp³-hybridized carbons (Fsp3) is 0.571. The zero-order valence-electron chi connectivity index (χ0n) is 11.1. The summed E-state index contributed by atoms with van der Waals surface area (Å²) in [5.41, 5.74) is 8.41. The molecule has 3 unspecified atom stereocenters. The van der Waals surface area contributed by atoms with E-state index in [-0.39, 0.29) is 0 Å². The largest absolute Gasteiger partial charge is 0.367 e. The number of halogens is 2. The maximum absolute atomic E-state index is 6.25. The van der Waals surface area contributed by atoms with Crippen LogP contribution in [0.15, 0.2) is 16.6 Å². The van der Waals surface area contributed by atoms with Gasteiger partial charge in [0.25, 0.3) is 0 Å². The molecule has 0 aliphatic carbocycles. The highest BCUT2D eigenvalue weighted by atomic mass is 79.9. The van der Waals surface area contributed by atoms with E-state index in [0.717, 1.165) is 28.0 Å². The van der Waals surface area contributed by atoms with Crippen LogP contribution in [0, 0.1) is 12.8 Å². The molecule has 2 rings (SSSR count). The smallest absolute Gasteiger partial charge is 0.0528 e. The zero-order valence-corrected chi connectivity index (χ0v) is 13.4. The van der Waals surface area contributed by atoms with Gasteiger partial charge in [-0.05, 0) is 59.8 Å². The van der Waals surface area contributed by atoms with Crippen molar-refractivity contribution in [1.29, 1.82) is 0 Å². The first kappa shape index (κ1) is 14.2. The Labute approximate surface area is 123 Å². The molecule has 3 atom stereocenters. The van der Waals surface area contributed by atoms with Crippen molar-refractivity contribution < 1.29 is 0 Å². The van der Waals surface area contributed by atoms with Crippen LogP contribution >= 0.6 is 27.5 Å². The summed E-state index contributed by atoms with van der Waals surface area (Å²) in [4.78, 5) is 2.41. The van der Waals surface area contributed by atoms with E-state index in [1.54, 1.807) is 0 Å². The summed E-state index contributed by atoms with van der Waals surface area (Å²) in [7, 11) is 0. The van der Waals surface area contributed by atoms with Gasteiger partial charge in [0, 0.05) is 28.1 Å². The van der Waals surface area contributed by atoms with Gasteiger partial charge in [-0.1, -0.05) is 18.5 Å². The topological polar surface area (TPSA) is 29.3 Å². The second-order valence-electron chi connectivity index (χ2n) is 5.30. The van der Waals surface area contributed by atoms with Crippen molar-refractivity contribution in [3.05, 3.63) is 27.2 Å². The number of nitrogens with two attached hydrogens (primary N) is 1. The summed E-state index contributed by atoms with van der Waals surface area (Å²) in [6.45, 7) is 7.48. The summed E-state index contributed by atoms with van der Waals surface area (Å²) in [6.07, 6.45) is 1.03. The Morgan fingerprint density at radius 1 is 1.39 bits per heavy atom. The predicted molar refractivity (Wildman–Crippen MR) is 82.5 cm³/mol. The van der Waals surface area contributed by atoms with Crippen LogP contribution in [0.25, 0.3) is 0 Å². The van der Waals surface area contributed by atoms with Crippen LogP contribution in [0.5, 0.6) is 0 Å². The lowest BCUT2D eigenvalue weighted by Gasteiger charge is -2.43. The van der Waals surface area contributed by atoms with E-state index < -0.39 is 0 Å². The Hall–Kier alpha value is -0.250. The van der Waals surface area contributed by atoms with Gasteiger partial charge in [0.15, 0.2) is 0 Å². The predicted octanol–water partition coefficient (Wildman–Crippen LogP) is 3.97. The number of piperidine rings is 1. The van der Waals surface area contributed by atoms with Crippen LogP contribution in [-0.2, 0) is 0 Å². The van der Waals surface area contributed by atoms with Crippen molar-refractivity contribution in [2.75, 3.05) is 11.4 Å². The minimum atomic E-state index is 0.302. The van der Waals surface area contributed by atoms with E-state index in [1.807, 2.05) is 6.92 Å². The molecule has 0 spiro atoms. The lowest BCUT2D eigenvalue weighted by Crippen LogP contribution is -2.52. The molecule has 1 saturated heterocycles. The van der Waals surface area contributed by atoms with Gasteiger partial charge in [-0.2, -0.15) is 0 Å². The van der Waals surface area contributed by atoms with E-state index in [2.05, 4.69) is 46.8 Å². The van der Waals surface area contributed by atoms with E-state index in [0.29, 0.717) is 18.0 Å². The molecule has 2 nitrogen and oxygen atoms in total. The van der Waals surface area contributed by atoms with Gasteiger partial charge in [0.05, 0.1) is 5.69 Å². The number of benzene rings is 1. The second kappa shape index (κ2) is 5.40. The third kappa shape index (κ3) is 2.54. The first-order chi connectivity index (χ1) is 8.41. The van der Waals surface area contributed by atoms with Gasteiger partial charge >= 0.3 is 0 Å². The molecule has 18 heavy (non-hydrogen) atoms. The molecule has 0 saturated carbocycles. The lowest BCUT2D eigenvalue weighted by atomic mass is 9.87. The van der Waals surface area contributed by atoms with Crippen LogP contribution in [-0.4, -0.2) is 18.6 Å². The highest BCUT2D eigenvalue weighted by molar-refractivity contribution is 9.10. The monoisotopic (exact) mass is 330 g/mol. The van der Waals surface area contributed by atoms with Gasteiger partial charge in [-0.15, -0.1) is 0 Å². The zero-order chi connectivity index (χ0) is 13.4. The molecule has 1 heterocycles. The van der Waals surface area contributed by atoms with Crippen LogP contribution in [0.1, 0.15) is 25.8 Å². The van der Waals surface area contributed by atoms with Crippen molar-refractivity contribution in [1.82, 2.24) is 0 Å². The Kier molecular flexibility index (Phi) is 4.25. The first-order valence-corrected chi connectivity index (χ1v) is 7.56. The highest BCUT2D eigenvalue weighted by Crippen LogP contribution is 2.36. The van der Waals surface area contributed by atoms with Crippen molar-refractivity contribution in [2.24, 2.45) is 11.7 Å². The van der Waals surface area contributed by atoms with Crippen molar-refractivity contribution >= 4 is 33.2 Å². The van der Waals surface area contributed by atoms with Crippen LogP contribution in [0.2, 0.25) is 5.02 Å². The SMILES string of the molecule is Cc1cc(Br)c(N2CCC(N)C(C)C2C)cc1Cl. The molecule has 100 valence electrons. The van der Waals surface area contributed by atoms with Crippen molar-refractivity contribution in [2.45, 2.75) is 39.3 Å². The Bertz CT molecular complexity index is 450. The fourth-order valence-corrected chi connectivity index (χ4v) is 3.44. The molecule has 1 fully saturated rings. The van der Waals surface area contributed by atoms with E-state index in [9.17, 15) is 0 Å². The molecule has 1 aliphatic heterocycles. The van der Waals surface area contributed by atoms with Gasteiger partial charge < -0.3 is 10.6 Å². The van der Waals surface area contributed by atoms with E-state index >= 15 is 0 Å². The maximum atomic E-state index is 6.25. The molecule has 0 aromatic heterocycles. The number of anilines is 1. The Morgan fingerprint density at radius 2 is 2.06 bits per heavy atom. The number of rotatable bonds is 1. The van der Waals surface area contributed by atoms with Crippen LogP contribution in [0.4, 0.5) is 5.69 Å². The fourth-order valence-electron chi connectivity index (χ4n) is 2.59. The minimum absolute atomic E-state index is 0.302. The summed E-state index contributed by atoms with van der Waals surface area (Å²) in [5, 5.41) is 0.822. The second-order valence-corrected chi connectivity index (χ2v) is 6.56. The van der Waals surface area contributed by atoms with Crippen LogP contribution in [0.3, 0.4) is 0 Å². The normalized spacial score (nSPS) is 28.6. The minimum Gasteiger partial charge on any atom is -0.367 e. The molecule has 0 bridgehead atoms. The average molecular weight is 332 g/mol. The average Bonchev–Trinajstić information content (AvgIpc) is 2.32. The van der Waals surface area contributed by atoms with Gasteiger partial charge in [0.2, 0.25) is 0 Å². The van der Waals surface area contributed by atoms with E-state index in [1.165, 1.54) is 5.69 Å². The number of aryl methyl sites for hydroxylation is 1. The Balaban J connectivity index is 2.34. The molecule has 0 amide bonds. The molecule has 2 N–H and O–H groups in total. The molecule has 1 aromatic carbocycles. The van der Waals surface area contributed by atoms with Crippen LogP contribution < -0.4 is 10.6 Å². The number of hydrogen-bond donors (Lipinski definition) is 1. The quantitative estimate of drug-likeness (QED) is 0.843. The molecular formula is C14H20BrClN2. The molecule has 1 aromatic rings. The summed E-state index contributed by atoms with van der Waals surface area (Å²) in [6, 6.07) is 4.88. The highest BCUT2D eigenvalue weighted by Gasteiger charge is 2.31. The van der Waals surface area contributed by atoms with E-state index in [4.69, 9.17) is 17.3 Å². The first-order valence-electron chi connectivity index (χ1n) is 6.39. The van der Waals surface area contributed by atoms with Gasteiger partial charge in [-0.25, -0.2) is 0 Å². The lowest BCUT2D eigenvalue weighted by molar-refractivity contribution is 0.315. The van der Waals surface area contributed by atoms with Gasteiger partial charge in [-0.3, -0.25) is 0 Å². The number of hydrogen-bond acceptors (Lipinski definition) is 2. The summed E-state index contributed by atoms with van der Waals surface area (Å²) < 4.78 is 1.11. The maximum Gasteiger partial charge on any atom is 0.0528 e. The molecule has 0 radical (unpaired) electrons. The summed E-state index contributed by atoms with van der Waals surface area (Å²) >= 11 is 9.89. The van der Waals surface area contributed by atoms with Crippen molar-refractivity contribution in [3.63, 3.8) is 0 Å². The molecule has 4 heteroatoms. The van der Waals surface area contributed by atoms with Gasteiger partial charge in [0.1, 0.15) is 0 Å². The Morgan fingerprint density at radius 3 is 2.72 bits per heavy atom. The van der Waals surface area contributed by atoms with Crippen molar-refractivity contribution in [3.8, 4) is 0 Å². The molecule has 1 aliphatic rings.